The quantitative estimate of drug-likeness (QED) is 0.415. The maximum atomic E-state index is 13.7. The number of aryl methyl sites for hydroxylation is 3. The summed E-state index contributed by atoms with van der Waals surface area (Å²) in [5.74, 6) is -1.15. The average Bonchev–Trinajstić information content (AvgIpc) is 3.58. The number of benzene rings is 2. The van der Waals surface area contributed by atoms with Crippen LogP contribution in [0.2, 0.25) is 0 Å². The maximum Gasteiger partial charge on any atom is 0.290 e. The van der Waals surface area contributed by atoms with Gasteiger partial charge in [-0.25, -0.2) is 4.39 Å². The van der Waals surface area contributed by atoms with Gasteiger partial charge < -0.3 is 10.0 Å². The van der Waals surface area contributed by atoms with Crippen molar-refractivity contribution in [2.24, 2.45) is 7.05 Å². The molecule has 1 fully saturated rings. The lowest BCUT2D eigenvalue weighted by molar-refractivity contribution is 0.0784. The first-order valence-corrected chi connectivity index (χ1v) is 12.8. The molecule has 5 rings (SSSR count). The molecule has 2 aromatic carbocycles. The van der Waals surface area contributed by atoms with Gasteiger partial charge in [-0.2, -0.15) is 10.1 Å². The highest BCUT2D eigenvalue weighted by Gasteiger charge is 2.33. The van der Waals surface area contributed by atoms with Crippen molar-refractivity contribution in [1.29, 1.82) is 0 Å². The minimum atomic E-state index is -0.804. The van der Waals surface area contributed by atoms with Crippen molar-refractivity contribution in [3.8, 4) is 23.1 Å². The molecule has 1 unspecified atom stereocenters. The van der Waals surface area contributed by atoms with Crippen LogP contribution < -0.4 is 5.56 Å². The van der Waals surface area contributed by atoms with Crippen LogP contribution in [0.15, 0.2) is 59.5 Å². The van der Waals surface area contributed by atoms with E-state index in [0.717, 1.165) is 16.7 Å². The second-order valence-electron chi connectivity index (χ2n) is 9.57. The van der Waals surface area contributed by atoms with Crippen LogP contribution >= 0.6 is 0 Å². The number of hydrogen-bond donors (Lipinski definition) is 1. The number of carbonyl (C=O) groups excluding carboxylic acids is 1. The number of rotatable bonds is 6. The number of para-hydroxylation sites is 1. The van der Waals surface area contributed by atoms with E-state index in [9.17, 15) is 19.1 Å². The molecule has 0 aliphatic carbocycles. The molecular weight excluding hydrogens is 485 g/mol. The predicted octanol–water partition coefficient (Wildman–Crippen LogP) is 4.23. The van der Waals surface area contributed by atoms with E-state index in [4.69, 9.17) is 0 Å². The molecule has 8 nitrogen and oxygen atoms in total. The van der Waals surface area contributed by atoms with E-state index in [1.807, 2.05) is 32.0 Å². The smallest absolute Gasteiger partial charge is 0.290 e. The summed E-state index contributed by atoms with van der Waals surface area (Å²) in [7, 11) is 1.76. The molecule has 0 spiro atoms. The van der Waals surface area contributed by atoms with Crippen LogP contribution in [-0.2, 0) is 19.9 Å². The highest BCUT2D eigenvalue weighted by atomic mass is 19.1. The fraction of sp³-hybridized carbons (Fsp3) is 0.310. The van der Waals surface area contributed by atoms with Gasteiger partial charge in [-0.15, -0.1) is 0 Å². The van der Waals surface area contributed by atoms with Crippen molar-refractivity contribution in [2.45, 2.75) is 39.0 Å². The molecule has 0 saturated carbocycles. The molecule has 0 radical (unpaired) electrons. The van der Waals surface area contributed by atoms with E-state index in [-0.39, 0.29) is 23.1 Å². The third-order valence-corrected chi connectivity index (χ3v) is 7.23. The van der Waals surface area contributed by atoms with Gasteiger partial charge in [-0.3, -0.25) is 18.8 Å². The van der Waals surface area contributed by atoms with E-state index in [0.29, 0.717) is 43.7 Å². The van der Waals surface area contributed by atoms with Gasteiger partial charge in [0.25, 0.3) is 11.5 Å². The summed E-state index contributed by atoms with van der Waals surface area (Å²) in [6.45, 7) is 4.79. The van der Waals surface area contributed by atoms with E-state index in [1.165, 1.54) is 16.7 Å². The van der Waals surface area contributed by atoms with Crippen LogP contribution in [0.3, 0.4) is 0 Å². The number of amides is 1. The molecule has 1 amide bonds. The zero-order chi connectivity index (χ0) is 27.0. The van der Waals surface area contributed by atoms with Crippen LogP contribution in [0.4, 0.5) is 4.39 Å². The molecule has 9 heteroatoms. The van der Waals surface area contributed by atoms with Gasteiger partial charge >= 0.3 is 0 Å². The molecule has 1 N–H and O–H groups in total. The monoisotopic (exact) mass is 515 g/mol. The molecule has 4 aromatic rings. The summed E-state index contributed by atoms with van der Waals surface area (Å²) in [5.41, 5.74) is 2.75. The van der Waals surface area contributed by atoms with Crippen molar-refractivity contribution in [3.05, 3.63) is 93.2 Å². The largest absolute Gasteiger partial charge is 0.493 e. The van der Waals surface area contributed by atoms with Gasteiger partial charge in [0.1, 0.15) is 11.5 Å². The highest BCUT2D eigenvalue weighted by Crippen LogP contribution is 2.34. The maximum absolute atomic E-state index is 13.7. The molecule has 38 heavy (non-hydrogen) atoms. The number of hydrogen-bond acceptors (Lipinski definition) is 5. The topological polar surface area (TPSA) is 93.2 Å². The second-order valence-corrected chi connectivity index (χ2v) is 9.57. The summed E-state index contributed by atoms with van der Waals surface area (Å²) in [5, 5.41) is 16.1. The van der Waals surface area contributed by atoms with Gasteiger partial charge in [-0.1, -0.05) is 44.2 Å². The van der Waals surface area contributed by atoms with Gasteiger partial charge in [0.2, 0.25) is 5.88 Å². The molecule has 1 atom stereocenters. The SMILES string of the molecule is CCc1cccc(CC)c1-n1c(-c2ccn(C)n2)nc(=O)c(C(=O)N2CCC(c3ccc(F)cc3)C2)c1O. The number of halogens is 1. The van der Waals surface area contributed by atoms with E-state index in [1.54, 1.807) is 41.0 Å². The van der Waals surface area contributed by atoms with Gasteiger partial charge in [-0.05, 0) is 54.2 Å². The standard InChI is InChI=1S/C29H30FN5O3/c1-4-18-7-6-8-19(5-2)25(18)35-26(23-14-15-33(3)32-23)31-27(36)24(29(35)38)28(37)34-16-13-21(17-34)20-9-11-22(30)12-10-20/h6-12,14-15,21,38H,4-5,13,16-17H2,1-3H3. The lowest BCUT2D eigenvalue weighted by atomic mass is 9.99. The first kappa shape index (κ1) is 25.4. The predicted molar refractivity (Wildman–Crippen MR) is 142 cm³/mol. The van der Waals surface area contributed by atoms with Crippen LogP contribution in [0.5, 0.6) is 5.88 Å². The number of nitrogens with zero attached hydrogens (tertiary/aromatic N) is 5. The van der Waals surface area contributed by atoms with Crippen molar-refractivity contribution in [3.63, 3.8) is 0 Å². The minimum absolute atomic E-state index is 0.0113. The normalized spacial score (nSPS) is 15.3. The molecule has 3 heterocycles. The van der Waals surface area contributed by atoms with Crippen molar-refractivity contribution < 1.29 is 14.3 Å². The van der Waals surface area contributed by atoms with Crippen LogP contribution in [-0.4, -0.2) is 48.3 Å². The van der Waals surface area contributed by atoms with Crippen LogP contribution in [0, 0.1) is 5.82 Å². The summed E-state index contributed by atoms with van der Waals surface area (Å²) < 4.78 is 16.5. The first-order chi connectivity index (χ1) is 18.3. The Morgan fingerprint density at radius 2 is 1.76 bits per heavy atom. The molecule has 1 aliphatic heterocycles. The lowest BCUT2D eigenvalue weighted by Gasteiger charge is -2.23. The fourth-order valence-electron chi connectivity index (χ4n) is 5.23. The Bertz CT molecular complexity index is 1540. The van der Waals surface area contributed by atoms with Crippen molar-refractivity contribution in [2.75, 3.05) is 13.1 Å². The van der Waals surface area contributed by atoms with Crippen LogP contribution in [0.1, 0.15) is 53.2 Å². The number of carbonyl (C=O) groups is 1. The molecule has 196 valence electrons. The first-order valence-electron chi connectivity index (χ1n) is 12.8. The Morgan fingerprint density at radius 3 is 2.37 bits per heavy atom. The summed E-state index contributed by atoms with van der Waals surface area (Å²) in [6.07, 6.45) is 3.74. The van der Waals surface area contributed by atoms with Crippen molar-refractivity contribution >= 4 is 5.91 Å². The highest BCUT2D eigenvalue weighted by molar-refractivity contribution is 5.96. The van der Waals surface area contributed by atoms with Gasteiger partial charge in [0.05, 0.1) is 5.69 Å². The summed E-state index contributed by atoms with van der Waals surface area (Å²) in [6, 6.07) is 13.8. The summed E-state index contributed by atoms with van der Waals surface area (Å²) in [4.78, 5) is 32.9. The number of aromatic nitrogens is 4. The molecular formula is C29H30FN5O3. The zero-order valence-corrected chi connectivity index (χ0v) is 21.7. The lowest BCUT2D eigenvalue weighted by Crippen LogP contribution is -2.34. The third kappa shape index (κ3) is 4.49. The number of aromatic hydroxyl groups is 1. The van der Waals surface area contributed by atoms with Crippen LogP contribution in [0.25, 0.3) is 17.2 Å². The fourth-order valence-corrected chi connectivity index (χ4v) is 5.23. The Labute approximate surface area is 220 Å². The van der Waals surface area contributed by atoms with Gasteiger partial charge in [0.15, 0.2) is 11.4 Å². The Balaban J connectivity index is 1.64. The minimum Gasteiger partial charge on any atom is -0.493 e. The second kappa shape index (κ2) is 10.2. The van der Waals surface area contributed by atoms with Gasteiger partial charge in [0, 0.05) is 32.3 Å². The Hall–Kier alpha value is -4.27. The molecule has 1 aliphatic rings. The molecule has 2 aromatic heterocycles. The Morgan fingerprint density at radius 1 is 1.08 bits per heavy atom. The van der Waals surface area contributed by atoms with E-state index < -0.39 is 17.3 Å². The van der Waals surface area contributed by atoms with E-state index >= 15 is 0 Å². The van der Waals surface area contributed by atoms with E-state index in [2.05, 4.69) is 10.1 Å². The summed E-state index contributed by atoms with van der Waals surface area (Å²) >= 11 is 0. The average molecular weight is 516 g/mol. The molecule has 1 saturated heterocycles. The molecule has 0 bridgehead atoms. The Kier molecular flexibility index (Phi) is 6.84. The zero-order valence-electron chi connectivity index (χ0n) is 21.7. The van der Waals surface area contributed by atoms with Crippen molar-refractivity contribution in [1.82, 2.24) is 24.2 Å². The number of likely N-dealkylation sites (tertiary alicyclic amines) is 1. The third-order valence-electron chi connectivity index (χ3n) is 7.23.